The summed E-state index contributed by atoms with van der Waals surface area (Å²) in [7, 11) is -3.42. The molecule has 0 amide bonds. The highest BCUT2D eigenvalue weighted by atomic mass is 79.9. The van der Waals surface area contributed by atoms with Crippen molar-refractivity contribution in [2.45, 2.75) is 37.8 Å². The number of hydrogen-bond acceptors (Lipinski definition) is 5. The van der Waals surface area contributed by atoms with Crippen LogP contribution in [0.1, 0.15) is 25.1 Å². The van der Waals surface area contributed by atoms with Gasteiger partial charge in [0.05, 0.1) is 21.3 Å². The van der Waals surface area contributed by atoms with Crippen molar-refractivity contribution in [3.63, 3.8) is 0 Å². The largest absolute Gasteiger partial charge is 0.338 e. The Morgan fingerprint density at radius 1 is 1.24 bits per heavy atom. The third kappa shape index (κ3) is 3.16. The van der Waals surface area contributed by atoms with Crippen molar-refractivity contribution in [2.75, 3.05) is 5.32 Å². The fourth-order valence-electron chi connectivity index (χ4n) is 2.46. The van der Waals surface area contributed by atoms with Crippen molar-refractivity contribution in [1.82, 2.24) is 15.2 Å². The highest BCUT2D eigenvalue weighted by molar-refractivity contribution is 9.10. The zero-order valence-corrected chi connectivity index (χ0v) is 16.8. The van der Waals surface area contributed by atoms with Crippen LogP contribution in [0.3, 0.4) is 0 Å². The molecule has 1 aromatic carbocycles. The van der Waals surface area contributed by atoms with Gasteiger partial charge in [0, 0.05) is 27.3 Å². The third-order valence-electron chi connectivity index (χ3n) is 4.23. The Hall–Kier alpha value is -1.93. The van der Waals surface area contributed by atoms with E-state index in [-0.39, 0.29) is 4.90 Å². The minimum atomic E-state index is -3.42. The first-order valence-corrected chi connectivity index (χ1v) is 10.2. The summed E-state index contributed by atoms with van der Waals surface area (Å²) in [6.07, 6.45) is 1.68. The molecule has 0 fully saturated rings. The Kier molecular flexibility index (Phi) is 4.59. The molecule has 0 radical (unpaired) electrons. The number of anilines is 2. The third-order valence-corrected chi connectivity index (χ3v) is 7.34. The number of halogens is 1. The van der Waals surface area contributed by atoms with Crippen LogP contribution < -0.4 is 5.32 Å². The van der Waals surface area contributed by atoms with Gasteiger partial charge in [0.1, 0.15) is 0 Å². The smallest absolute Gasteiger partial charge is 0.181 e. The Labute approximate surface area is 155 Å². The van der Waals surface area contributed by atoms with Crippen LogP contribution in [0.5, 0.6) is 0 Å². The van der Waals surface area contributed by atoms with Gasteiger partial charge in [0.25, 0.3) is 0 Å². The van der Waals surface area contributed by atoms with Crippen LogP contribution in [0.25, 0.3) is 10.9 Å². The SMILES string of the molecule is Cc1[nH]nc(Nc2ccnc3cc(Br)c(S(=O)(=O)C(C)C)cc23)c1C. The van der Waals surface area contributed by atoms with E-state index in [1.54, 1.807) is 32.2 Å². The molecule has 2 N–H and O–H groups in total. The van der Waals surface area contributed by atoms with Crippen LogP contribution in [0.4, 0.5) is 11.5 Å². The molecule has 2 aromatic heterocycles. The number of pyridine rings is 1. The molecule has 132 valence electrons. The maximum atomic E-state index is 12.6. The second kappa shape index (κ2) is 6.42. The molecule has 0 bridgehead atoms. The van der Waals surface area contributed by atoms with Gasteiger partial charge in [-0.3, -0.25) is 10.1 Å². The first-order valence-electron chi connectivity index (χ1n) is 7.82. The lowest BCUT2D eigenvalue weighted by molar-refractivity contribution is 0.587. The zero-order chi connectivity index (χ0) is 18.4. The van der Waals surface area contributed by atoms with Crippen LogP contribution >= 0.6 is 15.9 Å². The van der Waals surface area contributed by atoms with Gasteiger partial charge in [0.2, 0.25) is 0 Å². The molecule has 6 nitrogen and oxygen atoms in total. The quantitative estimate of drug-likeness (QED) is 0.655. The number of rotatable bonds is 4. The molecule has 0 saturated carbocycles. The summed E-state index contributed by atoms with van der Waals surface area (Å²) in [6.45, 7) is 7.26. The summed E-state index contributed by atoms with van der Waals surface area (Å²) in [5.74, 6) is 0.709. The van der Waals surface area contributed by atoms with E-state index in [0.717, 1.165) is 22.3 Å². The van der Waals surface area contributed by atoms with E-state index in [9.17, 15) is 8.42 Å². The van der Waals surface area contributed by atoms with Gasteiger partial charge in [0.15, 0.2) is 15.7 Å². The van der Waals surface area contributed by atoms with Gasteiger partial charge in [-0.25, -0.2) is 8.42 Å². The van der Waals surface area contributed by atoms with E-state index in [1.165, 1.54) is 0 Å². The highest BCUT2D eigenvalue weighted by Gasteiger charge is 2.23. The number of aryl methyl sites for hydroxylation is 1. The van der Waals surface area contributed by atoms with Crippen molar-refractivity contribution in [2.24, 2.45) is 0 Å². The fourth-order valence-corrected chi connectivity index (χ4v) is 4.59. The molecule has 25 heavy (non-hydrogen) atoms. The molecule has 0 atom stereocenters. The maximum Gasteiger partial charge on any atom is 0.181 e. The standard InChI is InChI=1S/C17H19BrN4O2S/c1-9(2)25(23,24)16-7-12-14(5-6-19-15(12)8-13(16)18)20-17-10(3)11(4)21-22-17/h5-9H,1-4H3,(H2,19,20,21,22). The summed E-state index contributed by atoms with van der Waals surface area (Å²) >= 11 is 3.37. The zero-order valence-electron chi connectivity index (χ0n) is 14.4. The number of nitrogens with zero attached hydrogens (tertiary/aromatic N) is 2. The molecule has 0 aliphatic rings. The topological polar surface area (TPSA) is 87.7 Å². The van der Waals surface area contributed by atoms with Crippen molar-refractivity contribution in [1.29, 1.82) is 0 Å². The Morgan fingerprint density at radius 2 is 1.96 bits per heavy atom. The van der Waals surface area contributed by atoms with Gasteiger partial charge in [-0.05, 0) is 61.8 Å². The van der Waals surface area contributed by atoms with Crippen molar-refractivity contribution in [3.05, 3.63) is 40.1 Å². The molecule has 0 spiro atoms. The number of hydrogen-bond donors (Lipinski definition) is 2. The predicted molar refractivity (Wildman–Crippen MR) is 103 cm³/mol. The molecular formula is C17H19BrN4O2S. The van der Waals surface area contributed by atoms with E-state index in [2.05, 4.69) is 36.4 Å². The number of H-pyrrole nitrogens is 1. The first-order chi connectivity index (χ1) is 11.7. The molecule has 0 unspecified atom stereocenters. The minimum Gasteiger partial charge on any atom is -0.338 e. The number of sulfone groups is 1. The van der Waals surface area contributed by atoms with Crippen LogP contribution in [-0.2, 0) is 9.84 Å². The Balaban J connectivity index is 2.19. The van der Waals surface area contributed by atoms with Crippen molar-refractivity contribution >= 4 is 48.2 Å². The Morgan fingerprint density at radius 3 is 2.56 bits per heavy atom. The molecule has 0 saturated heterocycles. The normalized spacial score (nSPS) is 12.1. The molecule has 8 heteroatoms. The van der Waals surface area contributed by atoms with E-state index in [1.807, 2.05) is 19.9 Å². The average Bonchev–Trinajstić information content (AvgIpc) is 2.86. The van der Waals surface area contributed by atoms with Crippen LogP contribution in [0.15, 0.2) is 33.8 Å². The lowest BCUT2D eigenvalue weighted by Gasteiger charge is -2.13. The van der Waals surface area contributed by atoms with E-state index < -0.39 is 15.1 Å². The molecule has 3 aromatic rings. The minimum absolute atomic E-state index is 0.265. The summed E-state index contributed by atoms with van der Waals surface area (Å²) in [4.78, 5) is 4.61. The Bertz CT molecular complexity index is 1060. The summed E-state index contributed by atoms with van der Waals surface area (Å²) in [5, 5.41) is 10.7. The average molecular weight is 423 g/mol. The number of aromatic amines is 1. The van der Waals surface area contributed by atoms with Crippen LogP contribution in [0.2, 0.25) is 0 Å². The van der Waals surface area contributed by atoms with Crippen molar-refractivity contribution in [3.8, 4) is 0 Å². The van der Waals surface area contributed by atoms with E-state index >= 15 is 0 Å². The lowest BCUT2D eigenvalue weighted by Crippen LogP contribution is -2.14. The summed E-state index contributed by atoms with van der Waals surface area (Å²) < 4.78 is 25.8. The number of benzene rings is 1. The van der Waals surface area contributed by atoms with Gasteiger partial charge in [-0.2, -0.15) is 5.10 Å². The molecule has 0 aliphatic heterocycles. The van der Waals surface area contributed by atoms with Crippen LogP contribution in [0, 0.1) is 13.8 Å². The van der Waals surface area contributed by atoms with E-state index in [0.29, 0.717) is 15.8 Å². The summed E-state index contributed by atoms with van der Waals surface area (Å²) in [6, 6.07) is 5.21. The summed E-state index contributed by atoms with van der Waals surface area (Å²) in [5.41, 5.74) is 3.44. The van der Waals surface area contributed by atoms with Crippen molar-refractivity contribution < 1.29 is 8.42 Å². The number of fused-ring (bicyclic) bond motifs is 1. The van der Waals surface area contributed by atoms with Gasteiger partial charge in [-0.1, -0.05) is 0 Å². The van der Waals surface area contributed by atoms with Crippen LogP contribution in [-0.4, -0.2) is 28.8 Å². The monoisotopic (exact) mass is 422 g/mol. The predicted octanol–water partition coefficient (Wildman–Crippen LogP) is 4.26. The van der Waals surface area contributed by atoms with Gasteiger partial charge >= 0.3 is 0 Å². The molecule has 0 aliphatic carbocycles. The fraction of sp³-hybridized carbons (Fsp3) is 0.294. The second-order valence-electron chi connectivity index (χ2n) is 6.20. The lowest BCUT2D eigenvalue weighted by atomic mass is 10.2. The maximum absolute atomic E-state index is 12.6. The first kappa shape index (κ1) is 17.9. The number of aromatic nitrogens is 3. The molecule has 2 heterocycles. The van der Waals surface area contributed by atoms with Gasteiger partial charge < -0.3 is 5.32 Å². The number of nitrogens with one attached hydrogen (secondary N) is 2. The van der Waals surface area contributed by atoms with Gasteiger partial charge in [-0.15, -0.1) is 0 Å². The highest BCUT2D eigenvalue weighted by Crippen LogP contribution is 2.34. The van der Waals surface area contributed by atoms with E-state index in [4.69, 9.17) is 0 Å². The second-order valence-corrected chi connectivity index (χ2v) is 9.53. The molecular weight excluding hydrogens is 404 g/mol. The molecule has 3 rings (SSSR count).